The van der Waals surface area contributed by atoms with E-state index in [0.717, 1.165) is 5.56 Å². The Balaban J connectivity index is 2.58. The maximum atomic E-state index is 11.8. The number of hydrogen-bond acceptors (Lipinski definition) is 3. The summed E-state index contributed by atoms with van der Waals surface area (Å²) in [5.41, 5.74) is 1.82. The zero-order valence-corrected chi connectivity index (χ0v) is 10.3. The lowest BCUT2D eigenvalue weighted by Gasteiger charge is -2.21. The summed E-state index contributed by atoms with van der Waals surface area (Å²) in [4.78, 5) is 23.4. The van der Waals surface area contributed by atoms with Crippen molar-refractivity contribution in [2.45, 2.75) is 13.8 Å². The van der Waals surface area contributed by atoms with Crippen LogP contribution in [0.3, 0.4) is 0 Å². The van der Waals surface area contributed by atoms with Gasteiger partial charge in [-0.05, 0) is 30.2 Å². The fourth-order valence-corrected chi connectivity index (χ4v) is 2.12. The molecule has 1 unspecified atom stereocenters. The number of aliphatic hydroxyl groups excluding tert-OH is 1. The van der Waals surface area contributed by atoms with E-state index < -0.39 is 11.6 Å². The Bertz CT molecular complexity index is 579. The fourth-order valence-electron chi connectivity index (χ4n) is 2.12. The van der Waals surface area contributed by atoms with Crippen LogP contribution in [-0.4, -0.2) is 16.7 Å². The second kappa shape index (κ2) is 4.61. The molecule has 0 saturated carbocycles. The lowest BCUT2D eigenvalue weighted by molar-refractivity contribution is -0.111. The molecule has 0 heterocycles. The van der Waals surface area contributed by atoms with Gasteiger partial charge in [0.25, 0.3) is 0 Å². The van der Waals surface area contributed by atoms with Crippen LogP contribution in [0, 0.1) is 5.92 Å². The van der Waals surface area contributed by atoms with Gasteiger partial charge >= 0.3 is 0 Å². The molecule has 0 fully saturated rings. The van der Waals surface area contributed by atoms with Crippen molar-refractivity contribution >= 4 is 17.1 Å². The van der Waals surface area contributed by atoms with Crippen molar-refractivity contribution in [3.05, 3.63) is 53.3 Å². The first-order chi connectivity index (χ1) is 8.56. The van der Waals surface area contributed by atoms with E-state index in [1.165, 1.54) is 6.08 Å². The fraction of sp³-hybridized carbons (Fsp3) is 0.200. The van der Waals surface area contributed by atoms with Gasteiger partial charge in [0.15, 0.2) is 0 Å². The zero-order valence-electron chi connectivity index (χ0n) is 10.3. The van der Waals surface area contributed by atoms with Gasteiger partial charge in [-0.1, -0.05) is 31.2 Å². The third-order valence-electron chi connectivity index (χ3n) is 3.20. The molecule has 0 saturated heterocycles. The minimum atomic E-state index is -0.528. The van der Waals surface area contributed by atoms with Gasteiger partial charge in [-0.2, -0.15) is 0 Å². The van der Waals surface area contributed by atoms with Gasteiger partial charge in [0, 0.05) is 11.5 Å². The predicted molar refractivity (Wildman–Crippen MR) is 69.3 cm³/mol. The summed E-state index contributed by atoms with van der Waals surface area (Å²) in [5.74, 6) is -1.12. The van der Waals surface area contributed by atoms with Gasteiger partial charge in [0.1, 0.15) is 0 Å². The first-order valence-electron chi connectivity index (χ1n) is 5.81. The second-order valence-corrected chi connectivity index (χ2v) is 4.27. The lowest BCUT2D eigenvalue weighted by Crippen LogP contribution is -2.21. The van der Waals surface area contributed by atoms with Crippen LogP contribution in [0.5, 0.6) is 0 Å². The number of carbonyl (C=O) groups excluding carboxylic acids is 2. The second-order valence-electron chi connectivity index (χ2n) is 4.27. The number of Topliss-reactive ketones (excluding diaryl/α,β-unsaturated/α-hetero) is 1. The highest BCUT2D eigenvalue weighted by atomic mass is 16.3. The minimum absolute atomic E-state index is 0.193. The average molecular weight is 242 g/mol. The number of ketones is 2. The van der Waals surface area contributed by atoms with Gasteiger partial charge in [0.05, 0.1) is 5.76 Å². The van der Waals surface area contributed by atoms with Crippen LogP contribution in [0.4, 0.5) is 0 Å². The van der Waals surface area contributed by atoms with Crippen molar-refractivity contribution in [2.75, 3.05) is 0 Å². The minimum Gasteiger partial charge on any atom is -0.512 e. The van der Waals surface area contributed by atoms with Crippen LogP contribution >= 0.6 is 0 Å². The Morgan fingerprint density at radius 3 is 2.44 bits per heavy atom. The number of allylic oxidation sites excluding steroid dienone is 3. The topological polar surface area (TPSA) is 54.4 Å². The number of fused-ring (bicyclic) bond motifs is 1. The molecule has 1 N–H and O–H groups in total. The molecule has 3 nitrogen and oxygen atoms in total. The van der Waals surface area contributed by atoms with E-state index in [0.29, 0.717) is 11.1 Å². The van der Waals surface area contributed by atoms with Gasteiger partial charge in [-0.3, -0.25) is 9.59 Å². The molecule has 1 aromatic carbocycles. The molecular weight excluding hydrogens is 228 g/mol. The monoisotopic (exact) mass is 242 g/mol. The number of carbonyl (C=O) groups is 2. The van der Waals surface area contributed by atoms with Crippen LogP contribution in [-0.2, 0) is 4.79 Å². The highest BCUT2D eigenvalue weighted by Gasteiger charge is 2.28. The highest BCUT2D eigenvalue weighted by molar-refractivity contribution is 6.50. The van der Waals surface area contributed by atoms with Crippen LogP contribution in [0.2, 0.25) is 0 Å². The molecule has 0 bridgehead atoms. The van der Waals surface area contributed by atoms with Crippen molar-refractivity contribution in [2.24, 2.45) is 5.92 Å². The summed E-state index contributed by atoms with van der Waals surface area (Å²) in [5, 5.41) is 9.78. The third-order valence-corrected chi connectivity index (χ3v) is 3.20. The molecule has 1 atom stereocenters. The average Bonchev–Trinajstić information content (AvgIpc) is 2.41. The van der Waals surface area contributed by atoms with Crippen molar-refractivity contribution < 1.29 is 14.7 Å². The highest BCUT2D eigenvalue weighted by Crippen LogP contribution is 2.33. The quantitative estimate of drug-likeness (QED) is 0.640. The van der Waals surface area contributed by atoms with Crippen LogP contribution in [0.1, 0.15) is 29.8 Å². The molecule has 2 rings (SSSR count). The zero-order chi connectivity index (χ0) is 13.3. The van der Waals surface area contributed by atoms with Crippen molar-refractivity contribution in [1.82, 2.24) is 0 Å². The molecule has 1 aliphatic carbocycles. The summed E-state index contributed by atoms with van der Waals surface area (Å²) in [6, 6.07) is 6.98. The Morgan fingerprint density at radius 1 is 1.22 bits per heavy atom. The maximum Gasteiger partial charge on any atom is 0.233 e. The predicted octanol–water partition coefficient (Wildman–Crippen LogP) is 2.93. The normalized spacial score (nSPS) is 17.2. The summed E-state index contributed by atoms with van der Waals surface area (Å²) in [6.45, 7) is 3.54. The van der Waals surface area contributed by atoms with Crippen molar-refractivity contribution in [3.63, 3.8) is 0 Å². The molecule has 0 aromatic heterocycles. The van der Waals surface area contributed by atoms with E-state index in [9.17, 15) is 14.7 Å². The maximum absolute atomic E-state index is 11.8. The van der Waals surface area contributed by atoms with E-state index in [4.69, 9.17) is 0 Å². The number of rotatable bonds is 2. The summed E-state index contributed by atoms with van der Waals surface area (Å²) < 4.78 is 0. The molecule has 92 valence electrons. The molecule has 0 spiro atoms. The first kappa shape index (κ1) is 12.3. The Kier molecular flexibility index (Phi) is 3.15. The third kappa shape index (κ3) is 1.88. The Hall–Kier alpha value is -2.16. The lowest BCUT2D eigenvalue weighted by atomic mass is 9.82. The van der Waals surface area contributed by atoms with E-state index >= 15 is 0 Å². The standard InChI is InChI=1S/C15H14O3/c1-3-13(16)9(2)12-8-14(17)15(18)11-7-5-4-6-10(11)12/h3-9,16H,1-2H3/b13-3+. The molecule has 1 aromatic rings. The Morgan fingerprint density at radius 2 is 1.83 bits per heavy atom. The molecule has 18 heavy (non-hydrogen) atoms. The smallest absolute Gasteiger partial charge is 0.233 e. The SMILES string of the molecule is C/C=C(/O)C(C)C1=CC(=O)C(=O)c2ccccc21. The molecule has 0 amide bonds. The summed E-state index contributed by atoms with van der Waals surface area (Å²) in [7, 11) is 0. The Labute approximate surface area is 105 Å². The number of hydrogen-bond donors (Lipinski definition) is 1. The number of benzene rings is 1. The van der Waals surface area contributed by atoms with E-state index in [-0.39, 0.29) is 11.7 Å². The summed E-state index contributed by atoms with van der Waals surface area (Å²) >= 11 is 0. The molecule has 1 aliphatic rings. The van der Waals surface area contributed by atoms with Crippen LogP contribution < -0.4 is 0 Å². The van der Waals surface area contributed by atoms with Gasteiger partial charge in [0.2, 0.25) is 11.6 Å². The van der Waals surface area contributed by atoms with Crippen molar-refractivity contribution in [1.29, 1.82) is 0 Å². The van der Waals surface area contributed by atoms with Gasteiger partial charge in [-0.25, -0.2) is 0 Å². The largest absolute Gasteiger partial charge is 0.512 e. The molecule has 0 aliphatic heterocycles. The van der Waals surface area contributed by atoms with Crippen LogP contribution in [0.25, 0.3) is 5.57 Å². The van der Waals surface area contributed by atoms with Gasteiger partial charge < -0.3 is 5.11 Å². The van der Waals surface area contributed by atoms with Crippen molar-refractivity contribution in [3.8, 4) is 0 Å². The van der Waals surface area contributed by atoms with E-state index in [1.807, 2.05) is 6.07 Å². The van der Waals surface area contributed by atoms with Crippen LogP contribution in [0.15, 0.2) is 42.2 Å². The summed E-state index contributed by atoms with van der Waals surface area (Å²) in [6.07, 6.45) is 2.92. The molecule has 3 heteroatoms. The van der Waals surface area contributed by atoms with Gasteiger partial charge in [-0.15, -0.1) is 0 Å². The number of aliphatic hydroxyl groups is 1. The molecule has 0 radical (unpaired) electrons. The first-order valence-corrected chi connectivity index (χ1v) is 5.81. The van der Waals surface area contributed by atoms with E-state index in [2.05, 4.69) is 0 Å². The molecular formula is C15H14O3. The van der Waals surface area contributed by atoms with E-state index in [1.54, 1.807) is 38.1 Å².